The van der Waals surface area contributed by atoms with Crippen LogP contribution in [0.3, 0.4) is 0 Å². The Morgan fingerprint density at radius 2 is 1.74 bits per heavy atom. The molecule has 0 aliphatic rings. The fourth-order valence-corrected chi connectivity index (χ4v) is 1.67. The van der Waals surface area contributed by atoms with E-state index in [0.29, 0.717) is 0 Å². The number of pyridine rings is 1. The Bertz CT molecular complexity index is 514. The van der Waals surface area contributed by atoms with Crippen LogP contribution in [0.5, 0.6) is 0 Å². The van der Waals surface area contributed by atoms with Gasteiger partial charge in [0, 0.05) is 5.56 Å². The zero-order valence-electron chi connectivity index (χ0n) is 9.26. The van der Waals surface area contributed by atoms with E-state index in [0.717, 1.165) is 0 Å². The number of nitrogens with one attached hydrogen (secondary N) is 1. The molecule has 7 nitrogen and oxygen atoms in total. The predicted molar refractivity (Wildman–Crippen MR) is 65.4 cm³/mol. The highest BCUT2D eigenvalue weighted by Gasteiger charge is 2.23. The molecular weight excluding hydrogens is 299 g/mol. The van der Waals surface area contributed by atoms with Crippen molar-refractivity contribution in [3.8, 4) is 0 Å². The number of nitrogens with zero attached hydrogens (tertiary/aromatic N) is 1. The Morgan fingerprint density at radius 1 is 1.21 bits per heavy atom. The van der Waals surface area contributed by atoms with E-state index in [2.05, 4.69) is 10.3 Å². The van der Waals surface area contributed by atoms with Crippen LogP contribution in [0.2, 0.25) is 10.3 Å². The van der Waals surface area contributed by atoms with Crippen LogP contribution in [-0.2, 0) is 9.59 Å². The zero-order valence-corrected chi connectivity index (χ0v) is 10.8. The van der Waals surface area contributed by atoms with Crippen molar-refractivity contribution in [2.45, 2.75) is 12.5 Å². The molecule has 0 saturated heterocycles. The highest BCUT2D eigenvalue weighted by molar-refractivity contribution is 6.33. The summed E-state index contributed by atoms with van der Waals surface area (Å²) in [4.78, 5) is 36.6. The molecule has 1 atom stereocenters. The molecular formula is C10H8Cl2N2O5. The number of amides is 1. The van der Waals surface area contributed by atoms with Crippen LogP contribution in [0.1, 0.15) is 16.8 Å². The molecule has 9 heteroatoms. The van der Waals surface area contributed by atoms with Gasteiger partial charge in [0.15, 0.2) is 0 Å². The Kier molecular flexibility index (Phi) is 5.08. The van der Waals surface area contributed by atoms with E-state index in [1.807, 2.05) is 0 Å². The maximum atomic E-state index is 11.7. The van der Waals surface area contributed by atoms with Gasteiger partial charge in [0.2, 0.25) is 0 Å². The lowest BCUT2D eigenvalue weighted by Gasteiger charge is -2.12. The van der Waals surface area contributed by atoms with Gasteiger partial charge in [-0.3, -0.25) is 9.59 Å². The lowest BCUT2D eigenvalue weighted by Crippen LogP contribution is -2.42. The Hall–Kier alpha value is -1.86. The molecule has 0 aliphatic carbocycles. The standard InChI is InChI=1S/C10H8Cl2N2O5/c11-6-1-4(2-7(12)14-6)9(17)13-5(10(18)19)3-8(15)16/h1-2,5H,3H2,(H,13,17)(H,15,16)(H,18,19). The van der Waals surface area contributed by atoms with Crippen LogP contribution in [-0.4, -0.2) is 39.1 Å². The number of carbonyl (C=O) groups is 3. The molecule has 0 saturated carbocycles. The van der Waals surface area contributed by atoms with Crippen LogP contribution in [0.25, 0.3) is 0 Å². The normalized spacial score (nSPS) is 11.7. The summed E-state index contributed by atoms with van der Waals surface area (Å²) < 4.78 is 0. The second kappa shape index (κ2) is 6.35. The summed E-state index contributed by atoms with van der Waals surface area (Å²) >= 11 is 11.2. The van der Waals surface area contributed by atoms with Crippen LogP contribution >= 0.6 is 23.2 Å². The van der Waals surface area contributed by atoms with Crippen molar-refractivity contribution in [2.75, 3.05) is 0 Å². The summed E-state index contributed by atoms with van der Waals surface area (Å²) in [6, 6.07) is 0.820. The first kappa shape index (κ1) is 15.2. The third-order valence-corrected chi connectivity index (χ3v) is 2.39. The van der Waals surface area contributed by atoms with Crippen molar-refractivity contribution in [1.29, 1.82) is 0 Å². The molecule has 0 bridgehead atoms. The first-order valence-corrected chi connectivity index (χ1v) is 5.63. The Labute approximate surface area is 117 Å². The van der Waals surface area contributed by atoms with Crippen molar-refractivity contribution in [2.24, 2.45) is 0 Å². The summed E-state index contributed by atoms with van der Waals surface area (Å²) in [5.41, 5.74) is -0.0124. The summed E-state index contributed by atoms with van der Waals surface area (Å²) in [6.07, 6.45) is -0.742. The van der Waals surface area contributed by atoms with Gasteiger partial charge in [0.05, 0.1) is 6.42 Å². The minimum atomic E-state index is -1.55. The molecule has 1 amide bonds. The zero-order chi connectivity index (χ0) is 14.6. The molecule has 0 aromatic carbocycles. The van der Waals surface area contributed by atoms with Crippen molar-refractivity contribution in [3.05, 3.63) is 28.0 Å². The third-order valence-electron chi connectivity index (χ3n) is 2.01. The predicted octanol–water partition coefficient (Wildman–Crippen LogP) is 1.05. The van der Waals surface area contributed by atoms with Crippen molar-refractivity contribution in [3.63, 3.8) is 0 Å². The highest BCUT2D eigenvalue weighted by Crippen LogP contribution is 2.14. The Balaban J connectivity index is 2.87. The molecule has 0 aliphatic heterocycles. The van der Waals surface area contributed by atoms with Crippen molar-refractivity contribution in [1.82, 2.24) is 10.3 Å². The molecule has 0 spiro atoms. The average Bonchev–Trinajstić information content (AvgIpc) is 2.25. The molecule has 1 heterocycles. The monoisotopic (exact) mass is 306 g/mol. The first-order chi connectivity index (χ1) is 8.79. The number of hydrogen-bond acceptors (Lipinski definition) is 4. The Morgan fingerprint density at radius 3 is 2.16 bits per heavy atom. The number of aromatic nitrogens is 1. The van der Waals surface area contributed by atoms with Gasteiger partial charge in [-0.05, 0) is 12.1 Å². The first-order valence-electron chi connectivity index (χ1n) is 4.88. The van der Waals surface area contributed by atoms with Crippen molar-refractivity contribution < 1.29 is 24.6 Å². The number of rotatable bonds is 5. The summed E-state index contributed by atoms with van der Waals surface area (Å²) in [5.74, 6) is -3.61. The van der Waals surface area contributed by atoms with Gasteiger partial charge in [0.1, 0.15) is 16.3 Å². The highest BCUT2D eigenvalue weighted by atomic mass is 35.5. The second-order valence-electron chi connectivity index (χ2n) is 3.46. The fourth-order valence-electron chi connectivity index (χ4n) is 1.21. The molecule has 3 N–H and O–H groups in total. The van der Waals surface area contributed by atoms with E-state index in [-0.39, 0.29) is 15.9 Å². The van der Waals surface area contributed by atoms with E-state index < -0.39 is 30.3 Å². The van der Waals surface area contributed by atoms with Crippen LogP contribution < -0.4 is 5.32 Å². The molecule has 1 aromatic heterocycles. The molecule has 1 aromatic rings. The molecule has 19 heavy (non-hydrogen) atoms. The van der Waals surface area contributed by atoms with Crippen molar-refractivity contribution >= 4 is 41.0 Å². The van der Waals surface area contributed by atoms with E-state index >= 15 is 0 Å². The minimum Gasteiger partial charge on any atom is -0.481 e. The maximum absolute atomic E-state index is 11.7. The van der Waals surface area contributed by atoms with E-state index in [1.54, 1.807) is 0 Å². The summed E-state index contributed by atoms with van der Waals surface area (Å²) in [5, 5.41) is 19.3. The number of carboxylic acids is 2. The second-order valence-corrected chi connectivity index (χ2v) is 4.24. The molecule has 1 unspecified atom stereocenters. The minimum absolute atomic E-state index is 0.0124. The topological polar surface area (TPSA) is 117 Å². The lowest BCUT2D eigenvalue weighted by molar-refractivity contribution is -0.145. The van der Waals surface area contributed by atoms with E-state index in [4.69, 9.17) is 33.4 Å². The average molecular weight is 307 g/mol. The fraction of sp³-hybridized carbons (Fsp3) is 0.200. The van der Waals surface area contributed by atoms with Crippen LogP contribution in [0, 0.1) is 0 Å². The van der Waals surface area contributed by atoms with Crippen LogP contribution in [0.15, 0.2) is 12.1 Å². The van der Waals surface area contributed by atoms with Gasteiger partial charge in [-0.15, -0.1) is 0 Å². The molecule has 102 valence electrons. The lowest BCUT2D eigenvalue weighted by atomic mass is 10.2. The van der Waals surface area contributed by atoms with Gasteiger partial charge in [-0.1, -0.05) is 23.2 Å². The number of carboxylic acid groups (broad SMARTS) is 2. The molecule has 1 rings (SSSR count). The SMILES string of the molecule is O=C(O)CC(NC(=O)c1cc(Cl)nc(Cl)c1)C(=O)O. The largest absolute Gasteiger partial charge is 0.481 e. The number of carbonyl (C=O) groups excluding carboxylic acids is 1. The quantitative estimate of drug-likeness (QED) is 0.700. The number of aliphatic carboxylic acids is 2. The third kappa shape index (κ3) is 4.72. The van der Waals surface area contributed by atoms with Gasteiger partial charge in [0.25, 0.3) is 5.91 Å². The molecule has 0 radical (unpaired) electrons. The number of halogens is 2. The van der Waals surface area contributed by atoms with Gasteiger partial charge >= 0.3 is 11.9 Å². The van der Waals surface area contributed by atoms with E-state index in [9.17, 15) is 14.4 Å². The van der Waals surface area contributed by atoms with E-state index in [1.165, 1.54) is 12.1 Å². The summed E-state index contributed by atoms with van der Waals surface area (Å²) in [6.45, 7) is 0. The number of hydrogen-bond donors (Lipinski definition) is 3. The summed E-state index contributed by atoms with van der Waals surface area (Å²) in [7, 11) is 0. The smallest absolute Gasteiger partial charge is 0.326 e. The van der Waals surface area contributed by atoms with Gasteiger partial charge < -0.3 is 15.5 Å². The van der Waals surface area contributed by atoms with Gasteiger partial charge in [-0.2, -0.15) is 0 Å². The maximum Gasteiger partial charge on any atom is 0.326 e. The molecule has 0 fully saturated rings. The van der Waals surface area contributed by atoms with Gasteiger partial charge in [-0.25, -0.2) is 9.78 Å². The van der Waals surface area contributed by atoms with Crippen LogP contribution in [0.4, 0.5) is 0 Å².